The van der Waals surface area contributed by atoms with Gasteiger partial charge in [-0.2, -0.15) is 5.26 Å². The number of para-hydroxylation sites is 1. The number of hydrogen-bond donors (Lipinski definition) is 0. The first-order valence-corrected chi connectivity index (χ1v) is 8.01. The molecule has 1 heterocycles. The molecule has 0 spiro atoms. The highest BCUT2D eigenvalue weighted by Gasteiger charge is 2.14. The van der Waals surface area contributed by atoms with Crippen LogP contribution in [0.15, 0.2) is 42.5 Å². The van der Waals surface area contributed by atoms with Crippen molar-refractivity contribution in [3.63, 3.8) is 0 Å². The molecule has 0 fully saturated rings. The van der Waals surface area contributed by atoms with Gasteiger partial charge in [-0.3, -0.25) is 4.79 Å². The highest BCUT2D eigenvalue weighted by Crippen LogP contribution is 2.27. The van der Waals surface area contributed by atoms with E-state index in [2.05, 4.69) is 11.1 Å². The van der Waals surface area contributed by atoms with Crippen molar-refractivity contribution in [1.29, 1.82) is 5.26 Å². The minimum absolute atomic E-state index is 0.0133. The van der Waals surface area contributed by atoms with E-state index in [1.165, 1.54) is 6.92 Å². The molecule has 114 valence electrons. The van der Waals surface area contributed by atoms with E-state index < -0.39 is 0 Å². The van der Waals surface area contributed by atoms with Crippen LogP contribution < -0.4 is 4.90 Å². The van der Waals surface area contributed by atoms with Crippen LogP contribution in [0.25, 0.3) is 10.2 Å². The fourth-order valence-corrected chi connectivity index (χ4v) is 3.51. The summed E-state index contributed by atoms with van der Waals surface area (Å²) in [6.07, 6.45) is 0. The second-order valence-corrected chi connectivity index (χ2v) is 6.45. The maximum absolute atomic E-state index is 11.8. The first kappa shape index (κ1) is 15.2. The van der Waals surface area contributed by atoms with Crippen LogP contribution in [0.3, 0.4) is 0 Å². The molecule has 0 bridgehead atoms. The second kappa shape index (κ2) is 6.19. The lowest BCUT2D eigenvalue weighted by Gasteiger charge is -2.20. The molecule has 3 aromatic rings. The molecule has 0 aliphatic rings. The van der Waals surface area contributed by atoms with E-state index in [0.29, 0.717) is 17.7 Å². The summed E-state index contributed by atoms with van der Waals surface area (Å²) in [4.78, 5) is 18.4. The average molecular weight is 321 g/mol. The third kappa shape index (κ3) is 3.08. The minimum atomic E-state index is -0.0133. The molecule has 0 atom stereocenters. The molecular weight excluding hydrogens is 306 g/mol. The van der Waals surface area contributed by atoms with Gasteiger partial charge in [0.25, 0.3) is 0 Å². The van der Waals surface area contributed by atoms with Crippen molar-refractivity contribution in [3.05, 3.63) is 58.6 Å². The lowest BCUT2D eigenvalue weighted by Crippen LogP contribution is -2.19. The first-order chi connectivity index (χ1) is 11.1. The van der Waals surface area contributed by atoms with Crippen molar-refractivity contribution in [1.82, 2.24) is 4.98 Å². The number of fused-ring (bicyclic) bond motifs is 1. The van der Waals surface area contributed by atoms with E-state index in [1.54, 1.807) is 29.5 Å². The van der Waals surface area contributed by atoms with Crippen LogP contribution in [-0.2, 0) is 6.54 Å². The number of anilines is 1. The molecule has 5 heteroatoms. The number of Topliss-reactive ketones (excluding diaryl/α,β-unsaturated/α-hetero) is 1. The number of aromatic nitrogens is 1. The zero-order valence-electron chi connectivity index (χ0n) is 12.9. The normalized spacial score (nSPS) is 10.5. The number of benzene rings is 2. The summed E-state index contributed by atoms with van der Waals surface area (Å²) in [5.41, 5.74) is 2.91. The van der Waals surface area contributed by atoms with E-state index in [4.69, 9.17) is 5.26 Å². The summed E-state index contributed by atoms with van der Waals surface area (Å²) in [5.74, 6) is -0.0133. The summed E-state index contributed by atoms with van der Waals surface area (Å²) in [7, 11) is 1.91. The molecule has 0 radical (unpaired) electrons. The molecule has 0 aliphatic carbocycles. The number of ketones is 1. The van der Waals surface area contributed by atoms with Gasteiger partial charge in [0.2, 0.25) is 0 Å². The summed E-state index contributed by atoms with van der Waals surface area (Å²) >= 11 is 1.64. The number of hydrogen-bond acceptors (Lipinski definition) is 5. The van der Waals surface area contributed by atoms with Crippen LogP contribution in [0.4, 0.5) is 5.69 Å². The lowest BCUT2D eigenvalue weighted by molar-refractivity contribution is 0.101. The summed E-state index contributed by atoms with van der Waals surface area (Å²) in [6, 6.07) is 15.3. The average Bonchev–Trinajstić information content (AvgIpc) is 2.96. The molecule has 2 aromatic carbocycles. The van der Waals surface area contributed by atoms with Crippen molar-refractivity contribution in [2.24, 2.45) is 0 Å². The number of nitrogens with zero attached hydrogens (tertiary/aromatic N) is 3. The van der Waals surface area contributed by atoms with Crippen molar-refractivity contribution >= 4 is 33.0 Å². The molecule has 4 nitrogen and oxygen atoms in total. The molecule has 3 rings (SSSR count). The van der Waals surface area contributed by atoms with Crippen molar-refractivity contribution in [2.45, 2.75) is 13.5 Å². The molecule has 0 N–H and O–H groups in total. The molecule has 1 aromatic heterocycles. The Morgan fingerprint density at radius 3 is 2.78 bits per heavy atom. The quantitative estimate of drug-likeness (QED) is 0.681. The van der Waals surface area contributed by atoms with Gasteiger partial charge in [-0.15, -0.1) is 11.3 Å². The second-order valence-electron chi connectivity index (χ2n) is 5.33. The third-order valence-corrected chi connectivity index (χ3v) is 4.65. The van der Waals surface area contributed by atoms with Crippen LogP contribution in [-0.4, -0.2) is 17.8 Å². The van der Waals surface area contributed by atoms with Gasteiger partial charge in [0.05, 0.1) is 28.4 Å². The summed E-state index contributed by atoms with van der Waals surface area (Å²) in [6.45, 7) is 2.13. The smallest absolute Gasteiger partial charge is 0.161 e. The maximum Gasteiger partial charge on any atom is 0.161 e. The summed E-state index contributed by atoms with van der Waals surface area (Å²) in [5, 5.41) is 10.1. The molecule has 0 saturated heterocycles. The monoisotopic (exact) mass is 321 g/mol. The van der Waals surface area contributed by atoms with Crippen molar-refractivity contribution in [3.8, 4) is 6.07 Å². The standard InChI is InChI=1S/C18H15N3OS/c1-12(22)14-8-7-13(10-19)9-16(14)21(2)11-18-20-15-5-3-4-6-17(15)23-18/h3-9H,11H2,1-2H3. The Hall–Kier alpha value is -2.71. The highest BCUT2D eigenvalue weighted by atomic mass is 32.1. The molecular formula is C18H15N3OS. The molecule has 0 saturated carbocycles. The van der Waals surface area contributed by atoms with Crippen LogP contribution in [0, 0.1) is 11.3 Å². The van der Waals surface area contributed by atoms with Crippen molar-refractivity contribution in [2.75, 3.05) is 11.9 Å². The molecule has 0 amide bonds. The van der Waals surface area contributed by atoms with Gasteiger partial charge in [0.1, 0.15) is 5.01 Å². The van der Waals surface area contributed by atoms with E-state index in [-0.39, 0.29) is 5.78 Å². The fourth-order valence-electron chi connectivity index (χ4n) is 2.49. The maximum atomic E-state index is 11.8. The Bertz CT molecular complexity index is 890. The van der Waals surface area contributed by atoms with Gasteiger partial charge in [0, 0.05) is 18.3 Å². The van der Waals surface area contributed by atoms with Crippen LogP contribution in [0.1, 0.15) is 27.9 Å². The number of carbonyl (C=O) groups excluding carboxylic acids is 1. The Kier molecular flexibility index (Phi) is 4.09. The fraction of sp³-hybridized carbons (Fsp3) is 0.167. The molecule has 0 unspecified atom stereocenters. The first-order valence-electron chi connectivity index (χ1n) is 7.19. The third-order valence-electron chi connectivity index (χ3n) is 3.63. The highest BCUT2D eigenvalue weighted by molar-refractivity contribution is 7.18. The number of thiazole rings is 1. The van der Waals surface area contributed by atoms with E-state index >= 15 is 0 Å². The lowest BCUT2D eigenvalue weighted by atomic mass is 10.1. The molecule has 0 aliphatic heterocycles. The predicted molar refractivity (Wildman–Crippen MR) is 92.9 cm³/mol. The zero-order valence-corrected chi connectivity index (χ0v) is 13.7. The van der Waals surface area contributed by atoms with Crippen molar-refractivity contribution < 1.29 is 4.79 Å². The summed E-state index contributed by atoms with van der Waals surface area (Å²) < 4.78 is 1.15. The van der Waals surface area contributed by atoms with E-state index in [9.17, 15) is 4.79 Å². The Morgan fingerprint density at radius 2 is 2.09 bits per heavy atom. The van der Waals surface area contributed by atoms with E-state index in [1.807, 2.05) is 36.2 Å². The zero-order chi connectivity index (χ0) is 16.4. The van der Waals surface area contributed by atoms with Gasteiger partial charge in [-0.1, -0.05) is 12.1 Å². The Labute approximate surface area is 138 Å². The SMILES string of the molecule is CC(=O)c1ccc(C#N)cc1N(C)Cc1nc2ccccc2s1. The Balaban J connectivity index is 1.94. The number of nitriles is 1. The largest absolute Gasteiger partial charge is 0.367 e. The van der Waals surface area contributed by atoms with E-state index in [0.717, 1.165) is 20.9 Å². The minimum Gasteiger partial charge on any atom is -0.367 e. The Morgan fingerprint density at radius 1 is 1.30 bits per heavy atom. The van der Waals surface area contributed by atoms with Gasteiger partial charge in [0.15, 0.2) is 5.78 Å². The number of carbonyl (C=O) groups is 1. The molecule has 23 heavy (non-hydrogen) atoms. The van der Waals surface area contributed by atoms with Gasteiger partial charge in [-0.25, -0.2) is 4.98 Å². The van der Waals surface area contributed by atoms with Crippen LogP contribution in [0.2, 0.25) is 0 Å². The number of rotatable bonds is 4. The topological polar surface area (TPSA) is 57.0 Å². The van der Waals surface area contributed by atoms with Gasteiger partial charge in [-0.05, 0) is 37.3 Å². The van der Waals surface area contributed by atoms with Gasteiger partial charge >= 0.3 is 0 Å². The van der Waals surface area contributed by atoms with Crippen LogP contribution >= 0.6 is 11.3 Å². The van der Waals surface area contributed by atoms with Crippen LogP contribution in [0.5, 0.6) is 0 Å². The van der Waals surface area contributed by atoms with Gasteiger partial charge < -0.3 is 4.90 Å². The predicted octanol–water partition coefficient (Wildman–Crippen LogP) is 4.01.